The highest BCUT2D eigenvalue weighted by Gasteiger charge is 2.11. The van der Waals surface area contributed by atoms with Crippen molar-refractivity contribution in [1.82, 2.24) is 0 Å². The predicted molar refractivity (Wildman–Crippen MR) is 94.4 cm³/mol. The Balaban J connectivity index is 0. The van der Waals surface area contributed by atoms with E-state index in [2.05, 4.69) is 21.0 Å². The normalized spacial score (nSPS) is 11.5. The van der Waals surface area contributed by atoms with Gasteiger partial charge in [-0.3, -0.25) is 0 Å². The first kappa shape index (κ1) is 24.6. The molecule has 0 fully saturated rings. The lowest BCUT2D eigenvalue weighted by Gasteiger charge is -2.26. The lowest BCUT2D eigenvalue weighted by molar-refractivity contribution is -0.909. The molecule has 0 saturated heterocycles. The van der Waals surface area contributed by atoms with Crippen molar-refractivity contribution in [2.24, 2.45) is 0 Å². The van der Waals surface area contributed by atoms with Gasteiger partial charge in [-0.15, -0.1) is 0 Å². The second-order valence-corrected chi connectivity index (χ2v) is 7.40. The summed E-state index contributed by atoms with van der Waals surface area (Å²) in [5.74, 6) is 0. The lowest BCUT2D eigenvalue weighted by atomic mass is 10.0. The molecule has 0 bridgehead atoms. The van der Waals surface area contributed by atoms with Gasteiger partial charge in [0.25, 0.3) is 0 Å². The Kier molecular flexibility index (Phi) is 19.9. The highest BCUT2D eigenvalue weighted by atomic mass is 79.9. The van der Waals surface area contributed by atoms with Gasteiger partial charge in [-0.05, 0) is 12.8 Å². The summed E-state index contributed by atoms with van der Waals surface area (Å²) in [5.41, 5.74) is 0. The second kappa shape index (κ2) is 17.7. The van der Waals surface area contributed by atoms with E-state index in [0.29, 0.717) is 0 Å². The predicted octanol–water partition coefficient (Wildman–Crippen LogP) is 2.50. The SMILES string of the molecule is CCCCCCCCCCCCCCCC[N+](C)(C)CO.[Br-]. The van der Waals surface area contributed by atoms with Crippen LogP contribution < -0.4 is 17.0 Å². The van der Waals surface area contributed by atoms with Crippen molar-refractivity contribution in [3.05, 3.63) is 0 Å². The van der Waals surface area contributed by atoms with Gasteiger partial charge < -0.3 is 26.6 Å². The third kappa shape index (κ3) is 18.4. The van der Waals surface area contributed by atoms with E-state index in [1.54, 1.807) is 0 Å². The van der Waals surface area contributed by atoms with Crippen molar-refractivity contribution in [3.63, 3.8) is 0 Å². The molecule has 0 saturated carbocycles. The fraction of sp³-hybridized carbons (Fsp3) is 1.00. The summed E-state index contributed by atoms with van der Waals surface area (Å²) in [6, 6.07) is 0. The molecule has 0 rings (SSSR count). The van der Waals surface area contributed by atoms with Crippen LogP contribution in [0.3, 0.4) is 0 Å². The van der Waals surface area contributed by atoms with Crippen LogP contribution in [0.5, 0.6) is 0 Å². The van der Waals surface area contributed by atoms with Gasteiger partial charge in [0.2, 0.25) is 0 Å². The Morgan fingerprint density at radius 1 is 0.591 bits per heavy atom. The van der Waals surface area contributed by atoms with Crippen LogP contribution >= 0.6 is 0 Å². The van der Waals surface area contributed by atoms with E-state index in [1.807, 2.05) is 0 Å². The maximum Gasteiger partial charge on any atom is 0.179 e. The van der Waals surface area contributed by atoms with Gasteiger partial charge in [0.15, 0.2) is 6.73 Å². The van der Waals surface area contributed by atoms with Gasteiger partial charge in [-0.25, -0.2) is 0 Å². The first-order chi connectivity index (χ1) is 10.1. The molecule has 136 valence electrons. The van der Waals surface area contributed by atoms with Crippen molar-refractivity contribution in [2.45, 2.75) is 96.8 Å². The van der Waals surface area contributed by atoms with Gasteiger partial charge >= 0.3 is 0 Å². The minimum atomic E-state index is 0. The molecule has 0 aliphatic rings. The molecule has 0 radical (unpaired) electrons. The molecular weight excluding hydrogens is 338 g/mol. The van der Waals surface area contributed by atoms with Gasteiger partial charge in [0, 0.05) is 0 Å². The zero-order valence-corrected chi connectivity index (χ0v) is 17.2. The summed E-state index contributed by atoms with van der Waals surface area (Å²) in [6.07, 6.45) is 19.7. The zero-order valence-electron chi connectivity index (χ0n) is 15.6. The standard InChI is InChI=1S/C19H42NO.BrH/c1-4-5-6-7-8-9-10-11-12-13-14-15-16-17-18-20(2,3)19-21;/h21H,4-19H2,1-3H3;1H/q+1;/p-1. The molecule has 0 spiro atoms. The van der Waals surface area contributed by atoms with E-state index in [4.69, 9.17) is 0 Å². The molecule has 0 unspecified atom stereocenters. The lowest BCUT2D eigenvalue weighted by Crippen LogP contribution is -3.00. The Labute approximate surface area is 151 Å². The molecule has 3 heteroatoms. The monoisotopic (exact) mass is 379 g/mol. The number of hydrogen-bond donors (Lipinski definition) is 1. The molecule has 0 atom stereocenters. The molecule has 0 aromatic carbocycles. The van der Waals surface area contributed by atoms with Crippen molar-refractivity contribution in [1.29, 1.82) is 0 Å². The van der Waals surface area contributed by atoms with Crippen LogP contribution in [0.4, 0.5) is 0 Å². The number of unbranched alkanes of at least 4 members (excludes halogenated alkanes) is 13. The summed E-state index contributed by atoms with van der Waals surface area (Å²) in [5, 5.41) is 9.17. The smallest absolute Gasteiger partial charge is 0.179 e. The zero-order chi connectivity index (χ0) is 15.8. The van der Waals surface area contributed by atoms with Gasteiger partial charge in [-0.2, -0.15) is 0 Å². The summed E-state index contributed by atoms with van der Waals surface area (Å²) in [6.45, 7) is 3.65. The highest BCUT2D eigenvalue weighted by molar-refractivity contribution is 4.49. The average molecular weight is 380 g/mol. The third-order valence-corrected chi connectivity index (χ3v) is 4.50. The number of aliphatic hydroxyl groups excluding tert-OH is 1. The Morgan fingerprint density at radius 3 is 1.23 bits per heavy atom. The number of rotatable bonds is 16. The minimum absolute atomic E-state index is 0. The van der Waals surface area contributed by atoms with Crippen LogP contribution in [-0.4, -0.2) is 37.0 Å². The van der Waals surface area contributed by atoms with Crippen LogP contribution in [0.15, 0.2) is 0 Å². The van der Waals surface area contributed by atoms with Crippen molar-refractivity contribution >= 4 is 0 Å². The first-order valence-electron chi connectivity index (χ1n) is 9.55. The fourth-order valence-electron chi connectivity index (χ4n) is 2.81. The average Bonchev–Trinajstić information content (AvgIpc) is 2.47. The molecule has 0 aromatic heterocycles. The number of halogens is 1. The minimum Gasteiger partial charge on any atom is -1.00 e. The number of nitrogens with zero attached hydrogens (tertiary/aromatic N) is 1. The van der Waals surface area contributed by atoms with E-state index in [1.165, 1.54) is 89.9 Å². The summed E-state index contributed by atoms with van der Waals surface area (Å²) in [7, 11) is 4.20. The molecule has 22 heavy (non-hydrogen) atoms. The summed E-state index contributed by atoms with van der Waals surface area (Å²) >= 11 is 0. The molecule has 1 N–H and O–H groups in total. The van der Waals surface area contributed by atoms with Crippen LogP contribution in [0, 0.1) is 0 Å². The molecular formula is C19H42BrNO. The molecule has 0 aliphatic heterocycles. The van der Waals surface area contributed by atoms with Crippen molar-refractivity contribution in [3.8, 4) is 0 Å². The van der Waals surface area contributed by atoms with Gasteiger partial charge in [0.1, 0.15) is 0 Å². The molecule has 0 heterocycles. The molecule has 0 aromatic rings. The Hall–Kier alpha value is 0.400. The Bertz CT molecular complexity index is 210. The molecule has 0 amide bonds. The number of aliphatic hydroxyl groups is 1. The van der Waals surface area contributed by atoms with E-state index in [-0.39, 0.29) is 23.7 Å². The number of hydrogen-bond acceptors (Lipinski definition) is 1. The van der Waals surface area contributed by atoms with E-state index >= 15 is 0 Å². The van der Waals surface area contributed by atoms with E-state index in [9.17, 15) is 5.11 Å². The van der Waals surface area contributed by atoms with Gasteiger partial charge in [-0.1, -0.05) is 84.0 Å². The van der Waals surface area contributed by atoms with Crippen LogP contribution in [0.1, 0.15) is 96.8 Å². The third-order valence-electron chi connectivity index (χ3n) is 4.50. The van der Waals surface area contributed by atoms with Crippen LogP contribution in [-0.2, 0) is 0 Å². The van der Waals surface area contributed by atoms with Crippen LogP contribution in [0.25, 0.3) is 0 Å². The topological polar surface area (TPSA) is 20.2 Å². The highest BCUT2D eigenvalue weighted by Crippen LogP contribution is 2.13. The first-order valence-corrected chi connectivity index (χ1v) is 9.55. The van der Waals surface area contributed by atoms with Crippen LogP contribution in [0.2, 0.25) is 0 Å². The van der Waals surface area contributed by atoms with Gasteiger partial charge in [0.05, 0.1) is 20.6 Å². The summed E-state index contributed by atoms with van der Waals surface area (Å²) in [4.78, 5) is 0. The quantitative estimate of drug-likeness (QED) is 0.248. The Morgan fingerprint density at radius 2 is 0.909 bits per heavy atom. The van der Waals surface area contributed by atoms with Crippen molar-refractivity contribution in [2.75, 3.05) is 27.4 Å². The largest absolute Gasteiger partial charge is 1.00 e. The van der Waals surface area contributed by atoms with Crippen molar-refractivity contribution < 1.29 is 26.6 Å². The molecule has 2 nitrogen and oxygen atoms in total. The summed E-state index contributed by atoms with van der Waals surface area (Å²) < 4.78 is 0.748. The van der Waals surface area contributed by atoms with E-state index in [0.717, 1.165) is 11.0 Å². The maximum atomic E-state index is 9.17. The second-order valence-electron chi connectivity index (χ2n) is 7.40. The van der Waals surface area contributed by atoms with E-state index < -0.39 is 0 Å². The fourth-order valence-corrected chi connectivity index (χ4v) is 2.81. The molecule has 0 aliphatic carbocycles. The number of quaternary nitrogens is 1. The maximum absolute atomic E-state index is 9.17.